The number of aromatic nitrogens is 1. The first-order valence-corrected chi connectivity index (χ1v) is 12.0. The number of benzene rings is 2. The molecule has 2 heterocycles. The molecule has 4 rings (SSSR count). The molecule has 1 aliphatic rings. The summed E-state index contributed by atoms with van der Waals surface area (Å²) in [6.07, 6.45) is 0.930. The van der Waals surface area contributed by atoms with Gasteiger partial charge >= 0.3 is 0 Å². The smallest absolute Gasteiger partial charge is 0.265 e. The SMILES string of the molecule is CNC1CCN(c2cc(F)ccc2Nc2ccc(S(=O)(=O)Nc3cscn3)c(F)c2)C1. The van der Waals surface area contributed by atoms with Crippen molar-refractivity contribution >= 4 is 44.2 Å². The fourth-order valence-electron chi connectivity index (χ4n) is 3.49. The van der Waals surface area contributed by atoms with Gasteiger partial charge in [0, 0.05) is 30.2 Å². The summed E-state index contributed by atoms with van der Waals surface area (Å²) in [6, 6.07) is 8.41. The van der Waals surface area contributed by atoms with Crippen molar-refractivity contribution < 1.29 is 17.2 Å². The molecule has 1 fully saturated rings. The van der Waals surface area contributed by atoms with E-state index in [2.05, 4.69) is 25.2 Å². The minimum Gasteiger partial charge on any atom is -0.368 e. The van der Waals surface area contributed by atoms with Gasteiger partial charge < -0.3 is 15.5 Å². The quantitative estimate of drug-likeness (QED) is 0.493. The molecule has 1 aliphatic heterocycles. The van der Waals surface area contributed by atoms with E-state index in [9.17, 15) is 17.2 Å². The van der Waals surface area contributed by atoms with E-state index >= 15 is 0 Å². The molecule has 0 spiro atoms. The van der Waals surface area contributed by atoms with Gasteiger partial charge in [-0.15, -0.1) is 11.3 Å². The van der Waals surface area contributed by atoms with Crippen LogP contribution in [0.3, 0.4) is 0 Å². The number of sulfonamides is 1. The minimum atomic E-state index is -4.11. The van der Waals surface area contributed by atoms with Crippen molar-refractivity contribution in [3.8, 4) is 0 Å². The Morgan fingerprint density at radius 3 is 2.71 bits per heavy atom. The van der Waals surface area contributed by atoms with Crippen molar-refractivity contribution in [2.45, 2.75) is 17.4 Å². The van der Waals surface area contributed by atoms with E-state index in [4.69, 9.17) is 0 Å². The normalized spacial score (nSPS) is 16.5. The highest BCUT2D eigenvalue weighted by molar-refractivity contribution is 7.92. The van der Waals surface area contributed by atoms with Gasteiger partial charge in [0.25, 0.3) is 10.0 Å². The van der Waals surface area contributed by atoms with Gasteiger partial charge in [0.1, 0.15) is 16.5 Å². The highest BCUT2D eigenvalue weighted by Gasteiger charge is 2.24. The Kier molecular flexibility index (Phi) is 6.08. The maximum Gasteiger partial charge on any atom is 0.265 e. The molecule has 31 heavy (non-hydrogen) atoms. The number of nitrogens with zero attached hydrogens (tertiary/aromatic N) is 2. The lowest BCUT2D eigenvalue weighted by molar-refractivity contribution is 0.570. The second-order valence-electron chi connectivity index (χ2n) is 7.13. The number of hydrogen-bond donors (Lipinski definition) is 3. The highest BCUT2D eigenvalue weighted by Crippen LogP contribution is 2.33. The summed E-state index contributed by atoms with van der Waals surface area (Å²) in [6.45, 7) is 1.49. The molecule has 0 bridgehead atoms. The first kappa shape index (κ1) is 21.5. The average molecular weight is 466 g/mol. The summed E-state index contributed by atoms with van der Waals surface area (Å²) in [5.41, 5.74) is 3.09. The molecular formula is C20H21F2N5O2S2. The van der Waals surface area contributed by atoms with Gasteiger partial charge in [-0.3, -0.25) is 4.72 Å². The predicted molar refractivity (Wildman–Crippen MR) is 119 cm³/mol. The molecule has 3 aromatic rings. The fourth-order valence-corrected chi connectivity index (χ4v) is 5.11. The second kappa shape index (κ2) is 8.77. The molecule has 1 saturated heterocycles. The maximum absolute atomic E-state index is 14.7. The summed E-state index contributed by atoms with van der Waals surface area (Å²) in [4.78, 5) is 5.42. The van der Waals surface area contributed by atoms with E-state index in [1.54, 1.807) is 6.07 Å². The number of hydrogen-bond acceptors (Lipinski definition) is 7. The van der Waals surface area contributed by atoms with E-state index in [0.29, 0.717) is 23.1 Å². The lowest BCUT2D eigenvalue weighted by Gasteiger charge is -2.23. The third-order valence-electron chi connectivity index (χ3n) is 5.07. The Labute approximate surface area is 183 Å². The monoisotopic (exact) mass is 465 g/mol. The molecule has 11 heteroatoms. The fraction of sp³-hybridized carbons (Fsp3) is 0.250. The van der Waals surface area contributed by atoms with Crippen LogP contribution in [0.1, 0.15) is 6.42 Å². The minimum absolute atomic E-state index is 0.132. The number of nitrogens with one attached hydrogen (secondary N) is 3. The van der Waals surface area contributed by atoms with Crippen molar-refractivity contribution in [1.29, 1.82) is 0 Å². The third-order valence-corrected chi connectivity index (χ3v) is 7.04. The molecule has 0 saturated carbocycles. The molecule has 0 amide bonds. The number of likely N-dealkylation sites (N-methyl/N-ethyl adjacent to an activating group) is 1. The maximum atomic E-state index is 14.7. The van der Waals surface area contributed by atoms with Crippen LogP contribution in [-0.4, -0.2) is 39.6 Å². The third kappa shape index (κ3) is 4.78. The lowest BCUT2D eigenvalue weighted by Crippen LogP contribution is -2.29. The van der Waals surface area contributed by atoms with Crippen LogP contribution in [0.2, 0.25) is 0 Å². The van der Waals surface area contributed by atoms with Crippen molar-refractivity contribution in [3.63, 3.8) is 0 Å². The molecule has 0 radical (unpaired) electrons. The van der Waals surface area contributed by atoms with Crippen LogP contribution in [0.25, 0.3) is 0 Å². The second-order valence-corrected chi connectivity index (χ2v) is 9.50. The molecule has 164 valence electrons. The van der Waals surface area contributed by atoms with Gasteiger partial charge in [-0.1, -0.05) is 0 Å². The van der Waals surface area contributed by atoms with Crippen LogP contribution in [0.15, 0.2) is 52.2 Å². The molecule has 3 N–H and O–H groups in total. The largest absolute Gasteiger partial charge is 0.368 e. The van der Waals surface area contributed by atoms with Crippen LogP contribution >= 0.6 is 11.3 Å². The van der Waals surface area contributed by atoms with E-state index in [1.165, 1.54) is 46.5 Å². The number of anilines is 4. The number of rotatable bonds is 7. The van der Waals surface area contributed by atoms with Crippen molar-refractivity contribution in [2.75, 3.05) is 35.1 Å². The molecule has 2 aromatic carbocycles. The molecule has 7 nitrogen and oxygen atoms in total. The van der Waals surface area contributed by atoms with Crippen LogP contribution in [0.4, 0.5) is 31.7 Å². The Morgan fingerprint density at radius 2 is 2.03 bits per heavy atom. The summed E-state index contributed by atoms with van der Waals surface area (Å²) >= 11 is 1.22. The summed E-state index contributed by atoms with van der Waals surface area (Å²) < 4.78 is 55.7. The number of thiazole rings is 1. The Morgan fingerprint density at radius 1 is 1.19 bits per heavy atom. The molecule has 1 aromatic heterocycles. The lowest BCUT2D eigenvalue weighted by atomic mass is 10.2. The van der Waals surface area contributed by atoms with E-state index in [-0.39, 0.29) is 11.6 Å². The van der Waals surface area contributed by atoms with Gasteiger partial charge in [-0.05, 0) is 49.9 Å². The molecule has 1 atom stereocenters. The van der Waals surface area contributed by atoms with E-state index in [1.807, 2.05) is 7.05 Å². The number of halogens is 2. The Bertz CT molecular complexity index is 1170. The zero-order valence-corrected chi connectivity index (χ0v) is 18.2. The van der Waals surface area contributed by atoms with Gasteiger partial charge in [-0.2, -0.15) is 0 Å². The highest BCUT2D eigenvalue weighted by atomic mass is 32.2. The van der Waals surface area contributed by atoms with E-state index in [0.717, 1.165) is 25.6 Å². The van der Waals surface area contributed by atoms with Crippen LogP contribution in [0, 0.1) is 11.6 Å². The topological polar surface area (TPSA) is 86.4 Å². The van der Waals surface area contributed by atoms with Crippen molar-refractivity contribution in [3.05, 3.63) is 58.9 Å². The van der Waals surface area contributed by atoms with Crippen LogP contribution in [-0.2, 0) is 10.0 Å². The van der Waals surface area contributed by atoms with Crippen LogP contribution < -0.4 is 20.3 Å². The zero-order valence-electron chi connectivity index (χ0n) is 16.6. The van der Waals surface area contributed by atoms with Gasteiger partial charge in [0.15, 0.2) is 5.82 Å². The Balaban J connectivity index is 1.57. The molecule has 1 unspecified atom stereocenters. The van der Waals surface area contributed by atoms with Gasteiger partial charge in [-0.25, -0.2) is 22.2 Å². The Hall–Kier alpha value is -2.76. The van der Waals surface area contributed by atoms with Crippen LogP contribution in [0.5, 0.6) is 0 Å². The van der Waals surface area contributed by atoms with Crippen molar-refractivity contribution in [2.24, 2.45) is 0 Å². The van der Waals surface area contributed by atoms with E-state index < -0.39 is 20.7 Å². The average Bonchev–Trinajstić information content (AvgIpc) is 3.40. The first-order chi connectivity index (χ1) is 14.9. The van der Waals surface area contributed by atoms with Gasteiger partial charge in [0.05, 0.1) is 16.9 Å². The zero-order chi connectivity index (χ0) is 22.0. The summed E-state index contributed by atoms with van der Waals surface area (Å²) in [7, 11) is -2.22. The predicted octanol–water partition coefficient (Wildman–Crippen LogP) is 3.76. The summed E-state index contributed by atoms with van der Waals surface area (Å²) in [5, 5.41) is 7.81. The van der Waals surface area contributed by atoms with Crippen molar-refractivity contribution in [1.82, 2.24) is 10.3 Å². The van der Waals surface area contributed by atoms with Gasteiger partial charge in [0.2, 0.25) is 0 Å². The first-order valence-electron chi connectivity index (χ1n) is 9.55. The molecule has 0 aliphatic carbocycles. The standard InChI is InChI=1S/C20H21F2N5O2S2/c1-23-15-6-7-27(10-15)18-8-13(21)2-4-17(18)25-14-3-5-19(16(22)9-14)31(28,29)26-20-11-30-12-24-20/h2-5,8-9,11-12,15,23,25-26H,6-7,10H2,1H3. The summed E-state index contributed by atoms with van der Waals surface area (Å²) in [5.74, 6) is -1.14. The molecular weight excluding hydrogens is 444 g/mol.